The van der Waals surface area contributed by atoms with Crippen LogP contribution in [0.3, 0.4) is 0 Å². The van der Waals surface area contributed by atoms with Crippen molar-refractivity contribution in [3.8, 4) is 0 Å². The molecule has 1 atom stereocenters. The molecule has 0 aliphatic rings. The van der Waals surface area contributed by atoms with Crippen molar-refractivity contribution in [2.24, 2.45) is 0 Å². The van der Waals surface area contributed by atoms with Gasteiger partial charge >= 0.3 is 17.9 Å². The van der Waals surface area contributed by atoms with Gasteiger partial charge in [0.05, 0.1) is 19.1 Å². The number of carboxylic acids is 1. The van der Waals surface area contributed by atoms with Gasteiger partial charge in [0.2, 0.25) is 0 Å². The molecule has 0 fully saturated rings. The molecule has 1 rings (SSSR count). The minimum Gasteiger partial charge on any atom is -0.480 e. The number of hydrogen-bond acceptors (Lipinski definition) is 7. The third-order valence-corrected chi connectivity index (χ3v) is 3.33. The van der Waals surface area contributed by atoms with E-state index in [2.05, 4.69) is 15.4 Å². The second kappa shape index (κ2) is 9.19. The van der Waals surface area contributed by atoms with Gasteiger partial charge in [-0.25, -0.2) is 9.59 Å². The van der Waals surface area contributed by atoms with Crippen molar-refractivity contribution in [1.29, 1.82) is 0 Å². The molecule has 1 aromatic rings. The fourth-order valence-corrected chi connectivity index (χ4v) is 2.17. The maximum absolute atomic E-state index is 12.2. The van der Waals surface area contributed by atoms with E-state index in [9.17, 15) is 19.5 Å². The number of methoxy groups -OCH3 is 1. The van der Waals surface area contributed by atoms with Gasteiger partial charge in [-0.2, -0.15) is 0 Å². The molecular weight excluding hydrogens is 340 g/mol. The van der Waals surface area contributed by atoms with E-state index < -0.39 is 29.6 Å². The van der Waals surface area contributed by atoms with Gasteiger partial charge in [-0.15, -0.1) is 0 Å². The summed E-state index contributed by atoms with van der Waals surface area (Å²) in [6.07, 6.45) is -0.321. The van der Waals surface area contributed by atoms with E-state index in [-0.39, 0.29) is 6.42 Å². The molecule has 8 nitrogen and oxygen atoms in total. The van der Waals surface area contributed by atoms with Crippen molar-refractivity contribution in [3.63, 3.8) is 0 Å². The van der Waals surface area contributed by atoms with Gasteiger partial charge in [0.25, 0.3) is 0 Å². The SMILES string of the molecule is CNCc1cc(C(=O)OC(C)(C)C)ccc1N[C@@H](CC(=O)OC)C(=O)O. The molecule has 0 saturated heterocycles. The molecule has 1 aromatic carbocycles. The van der Waals surface area contributed by atoms with Crippen LogP contribution in [0.25, 0.3) is 0 Å². The van der Waals surface area contributed by atoms with Gasteiger partial charge in [0, 0.05) is 12.2 Å². The molecule has 0 bridgehead atoms. The second-order valence-corrected chi connectivity index (χ2v) is 6.72. The molecule has 0 aliphatic heterocycles. The summed E-state index contributed by atoms with van der Waals surface area (Å²) >= 11 is 0. The summed E-state index contributed by atoms with van der Waals surface area (Å²) in [7, 11) is 2.93. The van der Waals surface area contributed by atoms with Crippen molar-refractivity contribution < 1.29 is 29.0 Å². The normalized spacial score (nSPS) is 12.2. The van der Waals surface area contributed by atoms with Gasteiger partial charge < -0.3 is 25.2 Å². The summed E-state index contributed by atoms with van der Waals surface area (Å²) in [6.45, 7) is 5.72. The highest BCUT2D eigenvalue weighted by Gasteiger charge is 2.23. The number of anilines is 1. The summed E-state index contributed by atoms with van der Waals surface area (Å²) in [4.78, 5) is 35.0. The number of aliphatic carboxylic acids is 1. The first-order valence-corrected chi connectivity index (χ1v) is 8.14. The number of hydrogen-bond donors (Lipinski definition) is 3. The molecule has 0 heterocycles. The monoisotopic (exact) mass is 366 g/mol. The fourth-order valence-electron chi connectivity index (χ4n) is 2.17. The van der Waals surface area contributed by atoms with Crippen LogP contribution >= 0.6 is 0 Å². The van der Waals surface area contributed by atoms with Gasteiger partial charge in [0.1, 0.15) is 11.6 Å². The molecule has 0 aliphatic carbocycles. The van der Waals surface area contributed by atoms with E-state index in [1.54, 1.807) is 46.0 Å². The smallest absolute Gasteiger partial charge is 0.338 e. The summed E-state index contributed by atoms with van der Waals surface area (Å²) in [5, 5.41) is 15.1. The number of carboxylic acid groups (broad SMARTS) is 1. The molecule has 0 aromatic heterocycles. The van der Waals surface area contributed by atoms with Gasteiger partial charge in [0.15, 0.2) is 0 Å². The fraction of sp³-hybridized carbons (Fsp3) is 0.500. The number of nitrogens with one attached hydrogen (secondary N) is 2. The van der Waals surface area contributed by atoms with Crippen LogP contribution in [0.5, 0.6) is 0 Å². The van der Waals surface area contributed by atoms with Crippen LogP contribution in [0.2, 0.25) is 0 Å². The Balaban J connectivity index is 3.09. The standard InChI is InChI=1S/C18H26N2O6/c1-18(2,3)26-17(24)11-6-7-13(12(8-11)10-19-4)20-14(16(22)23)9-15(21)25-5/h6-8,14,19-20H,9-10H2,1-5H3,(H,22,23)/t14-/m0/s1. The Hall–Kier alpha value is -2.61. The van der Waals surface area contributed by atoms with E-state index >= 15 is 0 Å². The van der Waals surface area contributed by atoms with Crippen LogP contribution in [-0.2, 0) is 25.6 Å². The Kier molecular flexibility index (Phi) is 7.57. The van der Waals surface area contributed by atoms with Crippen molar-refractivity contribution in [2.75, 3.05) is 19.5 Å². The minimum atomic E-state index is -1.18. The van der Waals surface area contributed by atoms with Crippen LogP contribution in [0, 0.1) is 0 Å². The van der Waals surface area contributed by atoms with E-state index in [4.69, 9.17) is 4.74 Å². The van der Waals surface area contributed by atoms with Gasteiger partial charge in [-0.1, -0.05) is 0 Å². The van der Waals surface area contributed by atoms with E-state index in [0.717, 1.165) is 0 Å². The van der Waals surface area contributed by atoms with Crippen molar-refractivity contribution in [2.45, 2.75) is 45.4 Å². The van der Waals surface area contributed by atoms with E-state index in [1.807, 2.05) is 0 Å². The second-order valence-electron chi connectivity index (χ2n) is 6.72. The van der Waals surface area contributed by atoms with Gasteiger partial charge in [-0.3, -0.25) is 4.79 Å². The lowest BCUT2D eigenvalue weighted by Crippen LogP contribution is -2.32. The Morgan fingerprint density at radius 1 is 1.23 bits per heavy atom. The van der Waals surface area contributed by atoms with Crippen LogP contribution in [-0.4, -0.2) is 48.8 Å². The van der Waals surface area contributed by atoms with Crippen LogP contribution < -0.4 is 10.6 Å². The summed E-state index contributed by atoms with van der Waals surface area (Å²) in [6, 6.07) is 3.63. The average Bonchev–Trinajstić information content (AvgIpc) is 2.53. The Morgan fingerprint density at radius 3 is 2.38 bits per heavy atom. The molecule has 0 saturated carbocycles. The predicted octanol–water partition coefficient (Wildman–Crippen LogP) is 1.79. The third kappa shape index (κ3) is 6.72. The molecule has 3 N–H and O–H groups in total. The number of benzene rings is 1. The molecule has 0 unspecified atom stereocenters. The first-order chi connectivity index (χ1) is 12.1. The minimum absolute atomic E-state index is 0.321. The first-order valence-electron chi connectivity index (χ1n) is 8.14. The Labute approximate surface area is 152 Å². The van der Waals surface area contributed by atoms with Crippen molar-refractivity contribution in [3.05, 3.63) is 29.3 Å². The quantitative estimate of drug-likeness (QED) is 0.597. The third-order valence-electron chi connectivity index (χ3n) is 3.33. The molecule has 0 amide bonds. The number of carbonyl (C=O) groups excluding carboxylic acids is 2. The highest BCUT2D eigenvalue weighted by molar-refractivity contribution is 5.91. The van der Waals surface area contributed by atoms with Crippen LogP contribution in [0.4, 0.5) is 5.69 Å². The summed E-state index contributed by atoms with van der Waals surface area (Å²) < 4.78 is 9.88. The zero-order valence-electron chi connectivity index (χ0n) is 15.7. The number of rotatable bonds is 8. The van der Waals surface area contributed by atoms with Crippen LogP contribution in [0.1, 0.15) is 43.1 Å². The largest absolute Gasteiger partial charge is 0.480 e. The molecular formula is C18H26N2O6. The number of carbonyl (C=O) groups is 3. The molecule has 144 valence electrons. The lowest BCUT2D eigenvalue weighted by molar-refractivity contribution is -0.146. The highest BCUT2D eigenvalue weighted by atomic mass is 16.6. The summed E-state index contributed by atoms with van der Waals surface area (Å²) in [5.41, 5.74) is 0.914. The molecule has 0 spiro atoms. The number of ether oxygens (including phenoxy) is 2. The topological polar surface area (TPSA) is 114 Å². The zero-order chi connectivity index (χ0) is 19.9. The van der Waals surface area contributed by atoms with Gasteiger partial charge in [-0.05, 0) is 51.6 Å². The van der Waals surface area contributed by atoms with E-state index in [0.29, 0.717) is 23.4 Å². The first kappa shape index (κ1) is 21.4. The van der Waals surface area contributed by atoms with E-state index in [1.165, 1.54) is 7.11 Å². The number of esters is 2. The molecule has 26 heavy (non-hydrogen) atoms. The van der Waals surface area contributed by atoms with Crippen molar-refractivity contribution >= 4 is 23.6 Å². The Bertz CT molecular complexity index is 666. The van der Waals surface area contributed by atoms with Crippen molar-refractivity contribution in [1.82, 2.24) is 5.32 Å². The maximum Gasteiger partial charge on any atom is 0.338 e. The zero-order valence-corrected chi connectivity index (χ0v) is 15.7. The lowest BCUT2D eigenvalue weighted by Gasteiger charge is -2.21. The lowest BCUT2D eigenvalue weighted by atomic mass is 10.1. The Morgan fingerprint density at radius 2 is 1.88 bits per heavy atom. The molecule has 0 radical (unpaired) electrons. The predicted molar refractivity (Wildman–Crippen MR) is 96.1 cm³/mol. The summed E-state index contributed by atoms with van der Waals surface area (Å²) in [5.74, 6) is -2.28. The highest BCUT2D eigenvalue weighted by Crippen LogP contribution is 2.21. The molecule has 8 heteroatoms. The van der Waals surface area contributed by atoms with Crippen LogP contribution in [0.15, 0.2) is 18.2 Å². The maximum atomic E-state index is 12.2. The average molecular weight is 366 g/mol.